The molecule has 2 unspecified atom stereocenters. The third-order valence-electron chi connectivity index (χ3n) is 2.80. The predicted molar refractivity (Wildman–Crippen MR) is 51.2 cm³/mol. The summed E-state index contributed by atoms with van der Waals surface area (Å²) in [6.07, 6.45) is 4.42. The van der Waals surface area contributed by atoms with Crippen LogP contribution in [0.25, 0.3) is 0 Å². The molecule has 2 aliphatic rings. The second kappa shape index (κ2) is 4.32. The average molecular weight is 203 g/mol. The van der Waals surface area contributed by atoms with Gasteiger partial charge in [-0.25, -0.2) is 0 Å². The Morgan fingerprint density at radius 2 is 2.00 bits per heavy atom. The van der Waals surface area contributed by atoms with Crippen molar-refractivity contribution in [3.05, 3.63) is 11.1 Å². The van der Waals surface area contributed by atoms with Gasteiger partial charge in [0.25, 0.3) is 0 Å². The van der Waals surface area contributed by atoms with Gasteiger partial charge in [-0.15, -0.1) is 9.79 Å². The van der Waals surface area contributed by atoms with Crippen LogP contribution in [0.1, 0.15) is 33.1 Å². The molecular formula is C9H16O3P+. The Kier molecular flexibility index (Phi) is 3.60. The highest BCUT2D eigenvalue weighted by Gasteiger charge is 2.44. The van der Waals surface area contributed by atoms with Crippen molar-refractivity contribution >= 4 is 8.25 Å². The van der Waals surface area contributed by atoms with Gasteiger partial charge in [0.1, 0.15) is 0 Å². The quantitative estimate of drug-likeness (QED) is 0.469. The summed E-state index contributed by atoms with van der Waals surface area (Å²) in [5.74, 6) is 2.17. The number of allylic oxidation sites excluding steroid dienone is 2. The lowest BCUT2D eigenvalue weighted by Gasteiger charge is -2.00. The molecule has 74 valence electrons. The topological polar surface area (TPSA) is 57.5 Å². The monoisotopic (exact) mass is 203 g/mol. The molecule has 0 aromatic rings. The molecule has 0 saturated heterocycles. The molecule has 0 bridgehead atoms. The zero-order valence-electron chi connectivity index (χ0n) is 8.03. The van der Waals surface area contributed by atoms with E-state index in [0.717, 1.165) is 11.8 Å². The lowest BCUT2D eigenvalue weighted by atomic mass is 10.1. The maximum atomic E-state index is 8.70. The lowest BCUT2D eigenvalue weighted by molar-refractivity contribution is 0.405. The van der Waals surface area contributed by atoms with E-state index in [1.165, 1.54) is 19.3 Å². The average Bonchev–Trinajstić information content (AvgIpc) is 2.60. The van der Waals surface area contributed by atoms with Gasteiger partial charge in [0, 0.05) is 4.57 Å². The van der Waals surface area contributed by atoms with E-state index in [-0.39, 0.29) is 0 Å². The first kappa shape index (κ1) is 10.8. The molecule has 0 radical (unpaired) electrons. The van der Waals surface area contributed by atoms with Crippen LogP contribution in [-0.4, -0.2) is 9.79 Å². The Morgan fingerprint density at radius 1 is 1.46 bits per heavy atom. The van der Waals surface area contributed by atoms with Crippen molar-refractivity contribution in [3.8, 4) is 0 Å². The van der Waals surface area contributed by atoms with Crippen molar-refractivity contribution in [1.82, 2.24) is 0 Å². The molecule has 2 rings (SSSR count). The van der Waals surface area contributed by atoms with Crippen molar-refractivity contribution in [3.63, 3.8) is 0 Å². The predicted octanol–water partition coefficient (Wildman–Crippen LogP) is 2.38. The van der Waals surface area contributed by atoms with Gasteiger partial charge in [0.15, 0.2) is 0 Å². The molecule has 0 aromatic heterocycles. The summed E-state index contributed by atoms with van der Waals surface area (Å²) in [6.45, 7) is 4.52. The number of hydrogen-bond donors (Lipinski definition) is 2. The third-order valence-corrected chi connectivity index (χ3v) is 2.80. The van der Waals surface area contributed by atoms with E-state index in [1.807, 2.05) is 0 Å². The fourth-order valence-electron chi connectivity index (χ4n) is 2.14. The molecule has 0 amide bonds. The maximum absolute atomic E-state index is 8.70. The van der Waals surface area contributed by atoms with Gasteiger partial charge < -0.3 is 0 Å². The molecule has 0 heterocycles. The Labute approximate surface area is 79.4 Å². The van der Waals surface area contributed by atoms with Crippen LogP contribution in [-0.2, 0) is 4.57 Å². The van der Waals surface area contributed by atoms with Gasteiger partial charge >= 0.3 is 8.25 Å². The summed E-state index contributed by atoms with van der Waals surface area (Å²) in [5.41, 5.74) is 3.39. The fraction of sp³-hybridized carbons (Fsp3) is 0.778. The Bertz CT molecular complexity index is 239. The summed E-state index contributed by atoms with van der Waals surface area (Å²) in [7, 11) is -2.87. The zero-order valence-corrected chi connectivity index (χ0v) is 8.92. The highest BCUT2D eigenvalue weighted by molar-refractivity contribution is 7.30. The minimum atomic E-state index is -2.87. The van der Waals surface area contributed by atoms with Gasteiger partial charge in [-0.05, 0) is 44.9 Å². The van der Waals surface area contributed by atoms with Crippen LogP contribution in [0.15, 0.2) is 11.1 Å². The van der Waals surface area contributed by atoms with Crippen molar-refractivity contribution in [2.45, 2.75) is 33.1 Å². The Hall–Kier alpha value is -0.240. The number of hydrogen-bond acceptors (Lipinski definition) is 1. The van der Waals surface area contributed by atoms with Crippen LogP contribution < -0.4 is 0 Å². The largest absolute Gasteiger partial charge is 0.692 e. The Morgan fingerprint density at radius 3 is 2.15 bits per heavy atom. The van der Waals surface area contributed by atoms with Crippen LogP contribution in [0.3, 0.4) is 0 Å². The van der Waals surface area contributed by atoms with Gasteiger partial charge in [-0.1, -0.05) is 11.1 Å². The van der Waals surface area contributed by atoms with Gasteiger partial charge in [-0.2, -0.15) is 0 Å². The zero-order chi connectivity index (χ0) is 10.0. The second-order valence-electron chi connectivity index (χ2n) is 3.92. The summed E-state index contributed by atoms with van der Waals surface area (Å²) >= 11 is 0. The van der Waals surface area contributed by atoms with Crippen LogP contribution in [0.2, 0.25) is 0 Å². The first-order chi connectivity index (χ1) is 6.02. The minimum absolute atomic E-state index is 1.05. The molecular weight excluding hydrogens is 187 g/mol. The third kappa shape index (κ3) is 3.18. The van der Waals surface area contributed by atoms with E-state index in [0.29, 0.717) is 0 Å². The fourth-order valence-corrected chi connectivity index (χ4v) is 2.14. The summed E-state index contributed by atoms with van der Waals surface area (Å²) < 4.78 is 8.70. The summed E-state index contributed by atoms with van der Waals surface area (Å²) in [6, 6.07) is 0. The van der Waals surface area contributed by atoms with Gasteiger partial charge in [0.05, 0.1) is 0 Å². The first-order valence-corrected chi connectivity index (χ1v) is 5.70. The number of rotatable bonds is 0. The molecule has 0 aliphatic heterocycles. The van der Waals surface area contributed by atoms with Crippen LogP contribution in [0.5, 0.6) is 0 Å². The van der Waals surface area contributed by atoms with Crippen molar-refractivity contribution in [1.29, 1.82) is 0 Å². The van der Waals surface area contributed by atoms with E-state index < -0.39 is 8.25 Å². The minimum Gasteiger partial charge on any atom is -0.134 e. The van der Waals surface area contributed by atoms with E-state index in [1.54, 1.807) is 11.1 Å². The molecule has 2 atom stereocenters. The normalized spacial score (nSPS) is 28.8. The van der Waals surface area contributed by atoms with Crippen molar-refractivity contribution in [2.24, 2.45) is 11.8 Å². The molecule has 2 fully saturated rings. The van der Waals surface area contributed by atoms with Crippen LogP contribution in [0, 0.1) is 11.8 Å². The molecule has 3 nitrogen and oxygen atoms in total. The highest BCUT2D eigenvalue weighted by atomic mass is 31.1. The van der Waals surface area contributed by atoms with E-state index in [4.69, 9.17) is 14.4 Å². The van der Waals surface area contributed by atoms with Crippen molar-refractivity contribution in [2.75, 3.05) is 0 Å². The van der Waals surface area contributed by atoms with E-state index >= 15 is 0 Å². The Balaban J connectivity index is 0.000000184. The maximum Gasteiger partial charge on any atom is 0.692 e. The van der Waals surface area contributed by atoms with Crippen molar-refractivity contribution < 1.29 is 14.4 Å². The molecule has 0 spiro atoms. The van der Waals surface area contributed by atoms with Gasteiger partial charge in [-0.3, -0.25) is 0 Å². The van der Waals surface area contributed by atoms with Crippen LogP contribution >= 0.6 is 8.25 Å². The van der Waals surface area contributed by atoms with Crippen LogP contribution in [0.4, 0.5) is 0 Å². The second-order valence-corrected chi connectivity index (χ2v) is 4.42. The standard InChI is InChI=1S/C9H14.HO3P/c1-6(2)8-4-3-7-5-9(7)8;1-4(2)3/h7,9H,3-5H2,1-2H3;(H-,1,2,3)/p+1. The smallest absolute Gasteiger partial charge is 0.134 e. The van der Waals surface area contributed by atoms with E-state index in [2.05, 4.69) is 13.8 Å². The number of fused-ring (bicyclic) bond motifs is 1. The SMILES string of the molecule is CC(C)=C1CCC2CC12.O=[P+](O)O. The first-order valence-electron chi connectivity index (χ1n) is 4.53. The molecule has 2 aliphatic carbocycles. The molecule has 13 heavy (non-hydrogen) atoms. The molecule has 0 aromatic carbocycles. The molecule has 2 saturated carbocycles. The highest BCUT2D eigenvalue weighted by Crippen LogP contribution is 2.55. The molecule has 2 N–H and O–H groups in total. The molecule has 4 heteroatoms. The summed E-state index contributed by atoms with van der Waals surface area (Å²) in [4.78, 5) is 14.2. The van der Waals surface area contributed by atoms with Gasteiger partial charge in [0.2, 0.25) is 0 Å². The lowest BCUT2D eigenvalue weighted by Crippen LogP contribution is -1.82. The van der Waals surface area contributed by atoms with E-state index in [9.17, 15) is 0 Å². The summed E-state index contributed by atoms with van der Waals surface area (Å²) in [5, 5.41) is 0.